The quantitative estimate of drug-likeness (QED) is 0.829. The van der Waals surface area contributed by atoms with Gasteiger partial charge in [-0.15, -0.1) is 0 Å². The number of hydrogen-bond donors (Lipinski definition) is 2. The van der Waals surface area contributed by atoms with E-state index in [4.69, 9.17) is 0 Å². The lowest BCUT2D eigenvalue weighted by molar-refractivity contribution is -0.140. The van der Waals surface area contributed by atoms with Gasteiger partial charge in [-0.3, -0.25) is 9.59 Å². The van der Waals surface area contributed by atoms with E-state index in [1.54, 1.807) is 30.3 Å². The normalized spacial score (nSPS) is 12.4. The van der Waals surface area contributed by atoms with Crippen LogP contribution in [0, 0.1) is 5.82 Å². The van der Waals surface area contributed by atoms with Crippen LogP contribution < -0.4 is 10.6 Å². The summed E-state index contributed by atoms with van der Waals surface area (Å²) in [6, 6.07) is 8.99. The summed E-state index contributed by atoms with van der Waals surface area (Å²) >= 11 is 0. The molecule has 0 saturated heterocycles. The van der Waals surface area contributed by atoms with Crippen molar-refractivity contribution in [3.05, 3.63) is 71.0 Å². The minimum Gasteiger partial charge on any atom is -0.357 e. The first-order chi connectivity index (χ1) is 11.7. The van der Waals surface area contributed by atoms with Crippen molar-refractivity contribution < 1.29 is 27.2 Å². The van der Waals surface area contributed by atoms with Gasteiger partial charge < -0.3 is 10.6 Å². The Balaban J connectivity index is 2.32. The standard InChI is InChI=1S/C17H14F4N2O2/c1-22-16(25)14(10-5-3-2-4-6-10)23-15(24)11-7-8-13(18)12(9-11)17(19,20)21/h2-9,14H,1H3,(H,22,25)(H,23,24). The third-order valence-electron chi connectivity index (χ3n) is 3.45. The van der Waals surface area contributed by atoms with Crippen molar-refractivity contribution in [2.45, 2.75) is 12.2 Å². The second-order valence-corrected chi connectivity index (χ2v) is 5.12. The Morgan fingerprint density at radius 3 is 2.24 bits per heavy atom. The summed E-state index contributed by atoms with van der Waals surface area (Å²) in [5.41, 5.74) is -1.50. The van der Waals surface area contributed by atoms with E-state index < -0.39 is 41.0 Å². The van der Waals surface area contributed by atoms with Gasteiger partial charge in [-0.2, -0.15) is 13.2 Å². The Bertz CT molecular complexity index is 776. The predicted molar refractivity (Wildman–Crippen MR) is 82.1 cm³/mol. The van der Waals surface area contributed by atoms with Crippen LogP contribution in [0.2, 0.25) is 0 Å². The molecular weight excluding hydrogens is 340 g/mol. The molecule has 0 saturated carbocycles. The number of carbonyl (C=O) groups is 2. The fourth-order valence-corrected chi connectivity index (χ4v) is 2.19. The molecule has 2 aromatic rings. The molecule has 0 aromatic heterocycles. The van der Waals surface area contributed by atoms with Gasteiger partial charge in [0.1, 0.15) is 11.9 Å². The van der Waals surface area contributed by atoms with Crippen LogP contribution in [-0.4, -0.2) is 18.9 Å². The topological polar surface area (TPSA) is 58.2 Å². The number of halogens is 4. The molecule has 1 unspecified atom stereocenters. The second-order valence-electron chi connectivity index (χ2n) is 5.12. The average molecular weight is 354 g/mol. The number of carbonyl (C=O) groups excluding carboxylic acids is 2. The molecular formula is C17H14F4N2O2. The van der Waals surface area contributed by atoms with Crippen molar-refractivity contribution in [1.29, 1.82) is 0 Å². The van der Waals surface area contributed by atoms with Gasteiger partial charge in [0.05, 0.1) is 5.56 Å². The highest BCUT2D eigenvalue weighted by molar-refractivity contribution is 5.98. The zero-order valence-corrected chi connectivity index (χ0v) is 13.0. The van der Waals surface area contributed by atoms with E-state index in [1.165, 1.54) is 7.05 Å². The monoisotopic (exact) mass is 354 g/mol. The lowest BCUT2D eigenvalue weighted by atomic mass is 10.0. The summed E-state index contributed by atoms with van der Waals surface area (Å²) < 4.78 is 51.6. The predicted octanol–water partition coefficient (Wildman–Crippen LogP) is 3.06. The number of alkyl halides is 3. The minimum atomic E-state index is -4.93. The largest absolute Gasteiger partial charge is 0.419 e. The van der Waals surface area contributed by atoms with E-state index in [-0.39, 0.29) is 0 Å². The molecule has 8 heteroatoms. The van der Waals surface area contributed by atoms with Crippen LogP contribution in [0.4, 0.5) is 17.6 Å². The third-order valence-corrected chi connectivity index (χ3v) is 3.45. The molecule has 132 valence electrons. The Hall–Kier alpha value is -2.90. The van der Waals surface area contributed by atoms with Gasteiger partial charge in [-0.1, -0.05) is 30.3 Å². The van der Waals surface area contributed by atoms with E-state index in [0.717, 1.165) is 6.07 Å². The molecule has 2 rings (SSSR count). The van der Waals surface area contributed by atoms with Crippen molar-refractivity contribution >= 4 is 11.8 Å². The van der Waals surface area contributed by atoms with Crippen molar-refractivity contribution in [2.75, 3.05) is 7.05 Å². The Labute approximate surface area is 140 Å². The first kappa shape index (κ1) is 18.4. The molecule has 0 heterocycles. The minimum absolute atomic E-state index is 0.404. The molecule has 0 aliphatic rings. The van der Waals surface area contributed by atoms with E-state index >= 15 is 0 Å². The Morgan fingerprint density at radius 2 is 1.68 bits per heavy atom. The molecule has 0 bridgehead atoms. The van der Waals surface area contributed by atoms with Crippen molar-refractivity contribution in [3.8, 4) is 0 Å². The van der Waals surface area contributed by atoms with Crippen molar-refractivity contribution in [1.82, 2.24) is 10.6 Å². The number of nitrogens with one attached hydrogen (secondary N) is 2. The molecule has 0 radical (unpaired) electrons. The van der Waals surface area contributed by atoms with Gasteiger partial charge in [-0.05, 0) is 23.8 Å². The molecule has 25 heavy (non-hydrogen) atoms. The SMILES string of the molecule is CNC(=O)C(NC(=O)c1ccc(F)c(C(F)(F)F)c1)c1ccccc1. The zero-order chi connectivity index (χ0) is 18.6. The number of rotatable bonds is 4. The van der Waals surface area contributed by atoms with Gasteiger partial charge in [0.15, 0.2) is 0 Å². The number of benzene rings is 2. The molecule has 1 atom stereocenters. The van der Waals surface area contributed by atoms with Crippen LogP contribution in [0.3, 0.4) is 0 Å². The Morgan fingerprint density at radius 1 is 1.04 bits per heavy atom. The highest BCUT2D eigenvalue weighted by Crippen LogP contribution is 2.32. The molecule has 0 fully saturated rings. The first-order valence-corrected chi connectivity index (χ1v) is 7.18. The molecule has 0 aliphatic carbocycles. The second kappa shape index (κ2) is 7.33. The summed E-state index contributed by atoms with van der Waals surface area (Å²) in [5.74, 6) is -2.95. The van der Waals surface area contributed by atoms with Crippen molar-refractivity contribution in [2.24, 2.45) is 0 Å². The van der Waals surface area contributed by atoms with Crippen LogP contribution in [0.1, 0.15) is 27.5 Å². The van der Waals surface area contributed by atoms with E-state index in [0.29, 0.717) is 17.7 Å². The van der Waals surface area contributed by atoms with Crippen LogP contribution in [0.15, 0.2) is 48.5 Å². The smallest absolute Gasteiger partial charge is 0.357 e. The maximum absolute atomic E-state index is 13.3. The molecule has 2 amide bonds. The lowest BCUT2D eigenvalue weighted by Gasteiger charge is -2.18. The molecule has 2 aromatic carbocycles. The van der Waals surface area contributed by atoms with Gasteiger partial charge in [0, 0.05) is 12.6 Å². The van der Waals surface area contributed by atoms with Crippen LogP contribution in [0.25, 0.3) is 0 Å². The third kappa shape index (κ3) is 4.34. The highest BCUT2D eigenvalue weighted by atomic mass is 19.4. The molecule has 0 spiro atoms. The number of amides is 2. The highest BCUT2D eigenvalue weighted by Gasteiger charge is 2.35. The first-order valence-electron chi connectivity index (χ1n) is 7.18. The summed E-state index contributed by atoms with van der Waals surface area (Å²) in [4.78, 5) is 24.3. The van der Waals surface area contributed by atoms with Gasteiger partial charge in [0.25, 0.3) is 5.91 Å². The number of hydrogen-bond acceptors (Lipinski definition) is 2. The lowest BCUT2D eigenvalue weighted by Crippen LogP contribution is -2.39. The van der Waals surface area contributed by atoms with Crippen LogP contribution in [-0.2, 0) is 11.0 Å². The van der Waals surface area contributed by atoms with Crippen LogP contribution >= 0.6 is 0 Å². The van der Waals surface area contributed by atoms with Gasteiger partial charge in [0.2, 0.25) is 5.91 Å². The maximum atomic E-state index is 13.3. The molecule has 2 N–H and O–H groups in total. The number of likely N-dealkylation sites (N-methyl/N-ethyl adjacent to an activating group) is 1. The fourth-order valence-electron chi connectivity index (χ4n) is 2.19. The van der Waals surface area contributed by atoms with E-state index in [2.05, 4.69) is 10.6 Å². The maximum Gasteiger partial charge on any atom is 0.419 e. The average Bonchev–Trinajstić information content (AvgIpc) is 2.59. The summed E-state index contributed by atoms with van der Waals surface area (Å²) in [5, 5.41) is 4.73. The van der Waals surface area contributed by atoms with Crippen LogP contribution in [0.5, 0.6) is 0 Å². The fraction of sp³-hybridized carbons (Fsp3) is 0.176. The van der Waals surface area contributed by atoms with Crippen molar-refractivity contribution in [3.63, 3.8) is 0 Å². The summed E-state index contributed by atoms with van der Waals surface area (Å²) in [6.07, 6.45) is -4.93. The van der Waals surface area contributed by atoms with Gasteiger partial charge in [-0.25, -0.2) is 4.39 Å². The summed E-state index contributed by atoms with van der Waals surface area (Å²) in [6.45, 7) is 0. The molecule has 4 nitrogen and oxygen atoms in total. The zero-order valence-electron chi connectivity index (χ0n) is 13.0. The summed E-state index contributed by atoms with van der Waals surface area (Å²) in [7, 11) is 1.37. The Kier molecular flexibility index (Phi) is 5.41. The van der Waals surface area contributed by atoms with E-state index in [1.807, 2.05) is 0 Å². The van der Waals surface area contributed by atoms with Gasteiger partial charge >= 0.3 is 6.18 Å². The van der Waals surface area contributed by atoms with E-state index in [9.17, 15) is 27.2 Å². The molecule has 0 aliphatic heterocycles.